The summed E-state index contributed by atoms with van der Waals surface area (Å²) in [6.45, 7) is 5.23. The van der Waals surface area contributed by atoms with Crippen LogP contribution in [0.2, 0.25) is 5.02 Å². The summed E-state index contributed by atoms with van der Waals surface area (Å²) in [6, 6.07) is 17.9. The fourth-order valence-corrected chi connectivity index (χ4v) is 3.22. The van der Waals surface area contributed by atoms with Gasteiger partial charge in [-0.25, -0.2) is 0 Å². The first kappa shape index (κ1) is 17.2. The number of hydrogen-bond acceptors (Lipinski definition) is 4. The second-order valence-electron chi connectivity index (χ2n) is 6.32. The maximum Gasteiger partial charge on any atom is 0.121 e. The summed E-state index contributed by atoms with van der Waals surface area (Å²) in [4.78, 5) is 4.19. The molecule has 6 heteroatoms. The average molecular weight is 369 g/mol. The monoisotopic (exact) mass is 368 g/mol. The van der Waals surface area contributed by atoms with Gasteiger partial charge in [-0.15, -0.1) is 0 Å². The molecular formula is C20H21ClN4O. The molecule has 0 radical (unpaired) electrons. The van der Waals surface area contributed by atoms with Crippen molar-refractivity contribution in [2.24, 2.45) is 0 Å². The molecule has 0 amide bonds. The standard InChI is InChI=1S/C20H21ClN4O/c21-18-8-6-17(7-9-18)20-19(16-4-2-1-3-5-16)22-25(23-20)11-10-24-12-14-26-15-13-24/h1-9H,10-15H2. The molecule has 4 rings (SSSR count). The number of halogens is 1. The second kappa shape index (κ2) is 7.99. The molecule has 3 aromatic rings. The van der Waals surface area contributed by atoms with Gasteiger partial charge in [-0.2, -0.15) is 15.0 Å². The van der Waals surface area contributed by atoms with Crippen molar-refractivity contribution in [3.05, 3.63) is 59.6 Å². The lowest BCUT2D eigenvalue weighted by atomic mass is 10.1. The minimum Gasteiger partial charge on any atom is -0.379 e. The molecule has 1 aromatic heterocycles. The van der Waals surface area contributed by atoms with Crippen LogP contribution in [-0.2, 0) is 11.3 Å². The summed E-state index contributed by atoms with van der Waals surface area (Å²) in [6.07, 6.45) is 0. The Labute approximate surface area is 158 Å². The number of aromatic nitrogens is 3. The zero-order valence-electron chi connectivity index (χ0n) is 14.5. The predicted molar refractivity (Wildman–Crippen MR) is 103 cm³/mol. The summed E-state index contributed by atoms with van der Waals surface area (Å²) < 4.78 is 5.41. The van der Waals surface area contributed by atoms with Gasteiger partial charge in [0.15, 0.2) is 0 Å². The van der Waals surface area contributed by atoms with E-state index in [1.807, 2.05) is 47.3 Å². The third kappa shape index (κ3) is 3.96. The third-order valence-corrected chi connectivity index (χ3v) is 4.79. The molecule has 0 atom stereocenters. The molecular weight excluding hydrogens is 348 g/mol. The normalized spacial score (nSPS) is 15.3. The summed E-state index contributed by atoms with van der Waals surface area (Å²) in [5, 5.41) is 10.3. The van der Waals surface area contributed by atoms with E-state index in [1.165, 1.54) is 0 Å². The minimum atomic E-state index is 0.717. The van der Waals surface area contributed by atoms with Crippen LogP contribution in [0.1, 0.15) is 0 Å². The quantitative estimate of drug-likeness (QED) is 0.690. The number of morpholine rings is 1. The van der Waals surface area contributed by atoms with E-state index >= 15 is 0 Å². The van der Waals surface area contributed by atoms with Crippen LogP contribution in [0.5, 0.6) is 0 Å². The van der Waals surface area contributed by atoms with Crippen molar-refractivity contribution >= 4 is 11.6 Å². The first-order valence-electron chi connectivity index (χ1n) is 8.86. The van der Waals surface area contributed by atoms with Crippen molar-refractivity contribution in [1.82, 2.24) is 19.9 Å². The largest absolute Gasteiger partial charge is 0.379 e. The van der Waals surface area contributed by atoms with E-state index in [0.717, 1.165) is 66.9 Å². The van der Waals surface area contributed by atoms with Crippen molar-refractivity contribution in [3.63, 3.8) is 0 Å². The molecule has 1 aliphatic rings. The number of nitrogens with zero attached hydrogens (tertiary/aromatic N) is 4. The van der Waals surface area contributed by atoms with E-state index in [0.29, 0.717) is 0 Å². The summed E-state index contributed by atoms with van der Waals surface area (Å²) in [7, 11) is 0. The molecule has 26 heavy (non-hydrogen) atoms. The molecule has 1 saturated heterocycles. The first-order chi connectivity index (χ1) is 12.8. The number of ether oxygens (including phenoxy) is 1. The average Bonchev–Trinajstić information content (AvgIpc) is 3.13. The lowest BCUT2D eigenvalue weighted by Gasteiger charge is -2.26. The van der Waals surface area contributed by atoms with Crippen LogP contribution in [0.15, 0.2) is 54.6 Å². The van der Waals surface area contributed by atoms with Crippen molar-refractivity contribution in [1.29, 1.82) is 0 Å². The Morgan fingerprint density at radius 2 is 1.42 bits per heavy atom. The Balaban J connectivity index is 1.62. The van der Waals surface area contributed by atoms with E-state index in [1.54, 1.807) is 0 Å². The van der Waals surface area contributed by atoms with E-state index in [2.05, 4.69) is 17.0 Å². The molecule has 1 aliphatic heterocycles. The summed E-state index contributed by atoms with van der Waals surface area (Å²) in [5.41, 5.74) is 3.87. The summed E-state index contributed by atoms with van der Waals surface area (Å²) in [5.74, 6) is 0. The highest BCUT2D eigenvalue weighted by Crippen LogP contribution is 2.29. The van der Waals surface area contributed by atoms with Crippen molar-refractivity contribution < 1.29 is 4.74 Å². The third-order valence-electron chi connectivity index (χ3n) is 4.54. The highest BCUT2D eigenvalue weighted by atomic mass is 35.5. The minimum absolute atomic E-state index is 0.717. The Bertz CT molecular complexity index is 842. The Morgan fingerprint density at radius 3 is 2.08 bits per heavy atom. The molecule has 2 aromatic carbocycles. The second-order valence-corrected chi connectivity index (χ2v) is 6.76. The molecule has 0 unspecified atom stereocenters. The summed E-state index contributed by atoms with van der Waals surface area (Å²) >= 11 is 6.04. The van der Waals surface area contributed by atoms with E-state index in [4.69, 9.17) is 26.5 Å². The van der Waals surface area contributed by atoms with E-state index in [9.17, 15) is 0 Å². The molecule has 0 saturated carbocycles. The number of rotatable bonds is 5. The molecule has 134 valence electrons. The van der Waals surface area contributed by atoms with Crippen LogP contribution in [-0.4, -0.2) is 52.7 Å². The highest BCUT2D eigenvalue weighted by Gasteiger charge is 2.16. The maximum absolute atomic E-state index is 6.04. The van der Waals surface area contributed by atoms with Gasteiger partial charge in [-0.3, -0.25) is 4.90 Å². The van der Waals surface area contributed by atoms with Gasteiger partial charge >= 0.3 is 0 Å². The van der Waals surface area contributed by atoms with Crippen LogP contribution in [0.4, 0.5) is 0 Å². The molecule has 0 spiro atoms. The fourth-order valence-electron chi connectivity index (χ4n) is 3.10. The van der Waals surface area contributed by atoms with Crippen LogP contribution in [0, 0.1) is 0 Å². The zero-order valence-corrected chi connectivity index (χ0v) is 15.3. The topological polar surface area (TPSA) is 43.2 Å². The van der Waals surface area contributed by atoms with E-state index < -0.39 is 0 Å². The van der Waals surface area contributed by atoms with Gasteiger partial charge < -0.3 is 4.74 Å². The van der Waals surface area contributed by atoms with E-state index in [-0.39, 0.29) is 0 Å². The molecule has 2 heterocycles. The Hall–Kier alpha value is -2.21. The molecule has 0 N–H and O–H groups in total. The van der Waals surface area contributed by atoms with Crippen LogP contribution >= 0.6 is 11.6 Å². The van der Waals surface area contributed by atoms with Crippen molar-refractivity contribution in [2.75, 3.05) is 32.8 Å². The van der Waals surface area contributed by atoms with Crippen molar-refractivity contribution in [2.45, 2.75) is 6.54 Å². The maximum atomic E-state index is 6.04. The predicted octanol–water partition coefficient (Wildman–Crippen LogP) is 3.60. The van der Waals surface area contributed by atoms with Crippen LogP contribution in [0.3, 0.4) is 0 Å². The van der Waals surface area contributed by atoms with Gasteiger partial charge in [0.05, 0.1) is 19.8 Å². The Kier molecular flexibility index (Phi) is 5.29. The van der Waals surface area contributed by atoms with Crippen molar-refractivity contribution in [3.8, 4) is 22.5 Å². The molecule has 5 nitrogen and oxygen atoms in total. The lowest BCUT2D eigenvalue weighted by Crippen LogP contribution is -2.38. The van der Waals surface area contributed by atoms with Gasteiger partial charge in [0.1, 0.15) is 11.4 Å². The number of hydrogen-bond donors (Lipinski definition) is 0. The first-order valence-corrected chi connectivity index (χ1v) is 9.24. The van der Waals surface area contributed by atoms with Gasteiger partial charge in [0.25, 0.3) is 0 Å². The van der Waals surface area contributed by atoms with Gasteiger partial charge in [0.2, 0.25) is 0 Å². The molecule has 1 fully saturated rings. The SMILES string of the molecule is Clc1ccc(-c2nn(CCN3CCOCC3)nc2-c2ccccc2)cc1. The van der Waals surface area contributed by atoms with Gasteiger partial charge in [0, 0.05) is 35.8 Å². The van der Waals surface area contributed by atoms with Crippen LogP contribution in [0.25, 0.3) is 22.5 Å². The fraction of sp³-hybridized carbons (Fsp3) is 0.300. The highest BCUT2D eigenvalue weighted by molar-refractivity contribution is 6.30. The van der Waals surface area contributed by atoms with Gasteiger partial charge in [-0.05, 0) is 12.1 Å². The molecule has 0 bridgehead atoms. The smallest absolute Gasteiger partial charge is 0.121 e. The lowest BCUT2D eigenvalue weighted by molar-refractivity contribution is 0.0354. The van der Waals surface area contributed by atoms with Crippen LogP contribution < -0.4 is 0 Å². The number of benzene rings is 2. The molecule has 0 aliphatic carbocycles. The zero-order chi connectivity index (χ0) is 17.8. The Morgan fingerprint density at radius 1 is 0.808 bits per heavy atom. The van der Waals surface area contributed by atoms with Gasteiger partial charge in [-0.1, -0.05) is 54.1 Å².